The molecule has 0 unspecified atom stereocenters. The Bertz CT molecular complexity index is 1150. The molecule has 3 rings (SSSR count). The van der Waals surface area contributed by atoms with Crippen molar-refractivity contribution in [1.29, 1.82) is 0 Å². The van der Waals surface area contributed by atoms with Crippen molar-refractivity contribution in [2.45, 2.75) is 19.1 Å². The number of nitrogens with one attached hydrogen (secondary N) is 1. The first kappa shape index (κ1) is 23.2. The third kappa shape index (κ3) is 6.27. The van der Waals surface area contributed by atoms with Crippen LogP contribution in [-0.4, -0.2) is 41.1 Å². The highest BCUT2D eigenvalue weighted by Gasteiger charge is 2.41. The van der Waals surface area contributed by atoms with Crippen LogP contribution in [0, 0.1) is 6.92 Å². The Morgan fingerprint density at radius 2 is 1.24 bits per heavy atom. The van der Waals surface area contributed by atoms with Crippen molar-refractivity contribution in [2.24, 2.45) is 0 Å². The summed E-state index contributed by atoms with van der Waals surface area (Å²) >= 11 is 0. The summed E-state index contributed by atoms with van der Waals surface area (Å²) in [5.74, 6) is -4.53. The number of amides is 1. The van der Waals surface area contributed by atoms with Crippen molar-refractivity contribution in [3.8, 4) is 0 Å². The molecule has 1 amide bonds. The Hall–Kier alpha value is -4.46. The Labute approximate surface area is 189 Å². The first-order valence-corrected chi connectivity index (χ1v) is 9.97. The lowest BCUT2D eigenvalue weighted by Gasteiger charge is -2.23. The summed E-state index contributed by atoms with van der Waals surface area (Å²) in [6.45, 7) is 1.81. The molecule has 2 atom stereocenters. The summed E-state index contributed by atoms with van der Waals surface area (Å²) in [6, 6.07) is 22.2. The van der Waals surface area contributed by atoms with E-state index in [-0.39, 0.29) is 11.1 Å². The van der Waals surface area contributed by atoms with Crippen molar-refractivity contribution in [3.05, 3.63) is 102 Å². The first-order chi connectivity index (χ1) is 15.8. The minimum Gasteiger partial charge on any atom is -0.478 e. The van der Waals surface area contributed by atoms with Crippen LogP contribution in [0.2, 0.25) is 0 Å². The van der Waals surface area contributed by atoms with E-state index in [1.165, 1.54) is 24.3 Å². The second-order valence-corrected chi connectivity index (χ2v) is 7.08. The Kier molecular flexibility index (Phi) is 7.54. The second kappa shape index (κ2) is 10.7. The van der Waals surface area contributed by atoms with E-state index in [1.54, 1.807) is 54.6 Å². The highest BCUT2D eigenvalue weighted by atomic mass is 16.6. The van der Waals surface area contributed by atoms with Crippen molar-refractivity contribution in [1.82, 2.24) is 0 Å². The lowest BCUT2D eigenvalue weighted by atomic mass is 10.1. The van der Waals surface area contributed by atoms with Crippen LogP contribution >= 0.6 is 0 Å². The third-order valence-corrected chi connectivity index (χ3v) is 4.55. The summed E-state index contributed by atoms with van der Waals surface area (Å²) in [6.07, 6.45) is -4.04. The monoisotopic (exact) mass is 447 g/mol. The van der Waals surface area contributed by atoms with Gasteiger partial charge in [-0.15, -0.1) is 0 Å². The molecule has 3 aromatic rings. The molecule has 0 saturated heterocycles. The van der Waals surface area contributed by atoms with Gasteiger partial charge in [-0.25, -0.2) is 14.4 Å². The van der Waals surface area contributed by atoms with Crippen molar-refractivity contribution >= 4 is 29.5 Å². The van der Waals surface area contributed by atoms with E-state index in [0.29, 0.717) is 5.69 Å². The Morgan fingerprint density at radius 1 is 0.727 bits per heavy atom. The number of carboxylic acids is 1. The molecule has 0 aliphatic rings. The fraction of sp³-hybridized carbons (Fsp3) is 0.120. The molecule has 0 spiro atoms. The standard InChI is InChI=1S/C25H21NO7/c1-16-9-8-14-19(15-16)26-22(27)20(32-24(30)17-10-4-2-5-11-17)21(23(28)29)33-25(31)18-12-6-3-7-13-18/h2-15,20-21H,1H3,(H,26,27)(H,28,29)/t20-,21+/m0/s1. The van der Waals surface area contributed by atoms with E-state index in [0.717, 1.165) is 5.56 Å². The molecule has 0 aliphatic heterocycles. The minimum atomic E-state index is -2.09. The predicted molar refractivity (Wildman–Crippen MR) is 119 cm³/mol. The van der Waals surface area contributed by atoms with Gasteiger partial charge in [0.05, 0.1) is 11.1 Å². The van der Waals surface area contributed by atoms with Gasteiger partial charge in [0, 0.05) is 5.69 Å². The SMILES string of the molecule is Cc1cccc(NC(=O)[C@@H](OC(=O)c2ccccc2)[C@@H](OC(=O)c2ccccc2)C(=O)O)c1. The van der Waals surface area contributed by atoms with Crippen LogP contribution < -0.4 is 5.32 Å². The number of aliphatic carboxylic acids is 1. The van der Waals surface area contributed by atoms with Crippen LogP contribution in [0.4, 0.5) is 5.69 Å². The van der Waals surface area contributed by atoms with E-state index in [2.05, 4.69) is 5.32 Å². The molecule has 0 saturated carbocycles. The fourth-order valence-electron chi connectivity index (χ4n) is 2.95. The molecular weight excluding hydrogens is 426 g/mol. The lowest BCUT2D eigenvalue weighted by molar-refractivity contribution is -0.157. The number of rotatable bonds is 8. The number of benzene rings is 3. The van der Waals surface area contributed by atoms with Gasteiger partial charge in [-0.3, -0.25) is 4.79 Å². The van der Waals surface area contributed by atoms with Gasteiger partial charge in [0.2, 0.25) is 12.2 Å². The maximum Gasteiger partial charge on any atom is 0.349 e. The lowest BCUT2D eigenvalue weighted by Crippen LogP contribution is -2.48. The molecule has 0 heterocycles. The molecule has 0 fully saturated rings. The summed E-state index contributed by atoms with van der Waals surface area (Å²) in [7, 11) is 0. The summed E-state index contributed by atoms with van der Waals surface area (Å²) in [4.78, 5) is 50.1. The molecule has 0 radical (unpaired) electrons. The van der Waals surface area contributed by atoms with Crippen LogP contribution in [0.5, 0.6) is 0 Å². The average Bonchev–Trinajstić information content (AvgIpc) is 2.82. The minimum absolute atomic E-state index is 0.0796. The van der Waals surface area contributed by atoms with Gasteiger partial charge in [0.25, 0.3) is 5.91 Å². The molecule has 168 valence electrons. The van der Waals surface area contributed by atoms with Gasteiger partial charge in [-0.1, -0.05) is 48.5 Å². The van der Waals surface area contributed by atoms with Gasteiger partial charge >= 0.3 is 17.9 Å². The zero-order valence-corrected chi connectivity index (χ0v) is 17.6. The molecule has 3 aromatic carbocycles. The number of carbonyl (C=O) groups is 4. The van der Waals surface area contributed by atoms with Crippen LogP contribution in [-0.2, 0) is 19.1 Å². The van der Waals surface area contributed by atoms with Crippen molar-refractivity contribution in [3.63, 3.8) is 0 Å². The number of carbonyl (C=O) groups excluding carboxylic acids is 3. The fourth-order valence-corrected chi connectivity index (χ4v) is 2.95. The van der Waals surface area contributed by atoms with Crippen molar-refractivity contribution < 1.29 is 33.8 Å². The van der Waals surface area contributed by atoms with Crippen molar-refractivity contribution in [2.75, 3.05) is 5.32 Å². The third-order valence-electron chi connectivity index (χ3n) is 4.55. The van der Waals surface area contributed by atoms with E-state index >= 15 is 0 Å². The normalized spacial score (nSPS) is 12.2. The number of aryl methyl sites for hydroxylation is 1. The molecule has 0 bridgehead atoms. The largest absolute Gasteiger partial charge is 0.478 e. The second-order valence-electron chi connectivity index (χ2n) is 7.08. The van der Waals surface area contributed by atoms with Gasteiger partial charge in [0.15, 0.2) is 0 Å². The van der Waals surface area contributed by atoms with E-state index < -0.39 is 36.0 Å². The average molecular weight is 447 g/mol. The number of carboxylic acid groups (broad SMARTS) is 1. The molecule has 8 nitrogen and oxygen atoms in total. The first-order valence-electron chi connectivity index (χ1n) is 9.97. The molecule has 33 heavy (non-hydrogen) atoms. The van der Waals surface area contributed by atoms with Crippen LogP contribution in [0.3, 0.4) is 0 Å². The van der Waals surface area contributed by atoms with Gasteiger partial charge in [0.1, 0.15) is 0 Å². The quantitative estimate of drug-likeness (QED) is 0.508. The molecule has 8 heteroatoms. The zero-order chi connectivity index (χ0) is 23.8. The van der Waals surface area contributed by atoms with Crippen LogP contribution in [0.15, 0.2) is 84.9 Å². The highest BCUT2D eigenvalue weighted by Crippen LogP contribution is 2.16. The molecular formula is C25H21NO7. The van der Waals surface area contributed by atoms with Gasteiger partial charge in [-0.05, 0) is 48.9 Å². The van der Waals surface area contributed by atoms with Gasteiger partial charge < -0.3 is 19.9 Å². The summed E-state index contributed by atoms with van der Waals surface area (Å²) in [5.41, 5.74) is 1.38. The number of ether oxygens (including phenoxy) is 2. The summed E-state index contributed by atoms with van der Waals surface area (Å²) in [5, 5.41) is 12.3. The van der Waals surface area contributed by atoms with Crippen LogP contribution in [0.25, 0.3) is 0 Å². The number of hydrogen-bond acceptors (Lipinski definition) is 6. The van der Waals surface area contributed by atoms with Crippen LogP contribution in [0.1, 0.15) is 26.3 Å². The van der Waals surface area contributed by atoms with E-state index in [4.69, 9.17) is 9.47 Å². The summed E-state index contributed by atoms with van der Waals surface area (Å²) < 4.78 is 10.4. The molecule has 0 aliphatic carbocycles. The Morgan fingerprint density at radius 3 is 1.73 bits per heavy atom. The van der Waals surface area contributed by atoms with E-state index in [9.17, 15) is 24.3 Å². The molecule has 0 aromatic heterocycles. The zero-order valence-electron chi connectivity index (χ0n) is 17.6. The number of esters is 2. The Balaban J connectivity index is 1.90. The number of hydrogen-bond donors (Lipinski definition) is 2. The maximum atomic E-state index is 13.0. The number of anilines is 1. The maximum absolute atomic E-state index is 13.0. The van der Waals surface area contributed by atoms with Gasteiger partial charge in [-0.2, -0.15) is 0 Å². The molecule has 2 N–H and O–H groups in total. The predicted octanol–water partition coefficient (Wildman–Crippen LogP) is 3.47. The highest BCUT2D eigenvalue weighted by molar-refractivity contribution is 6.01. The topological polar surface area (TPSA) is 119 Å². The smallest absolute Gasteiger partial charge is 0.349 e. The van der Waals surface area contributed by atoms with E-state index in [1.807, 2.05) is 13.0 Å².